The van der Waals surface area contributed by atoms with Crippen LogP contribution in [0.3, 0.4) is 0 Å². The van der Waals surface area contributed by atoms with Crippen LogP contribution >= 0.6 is 11.3 Å². The molecule has 3 heterocycles. The molecular weight excluding hydrogens is 354 g/mol. The Kier molecular flexibility index (Phi) is 4.26. The zero-order valence-electron chi connectivity index (χ0n) is 13.7. The van der Waals surface area contributed by atoms with Gasteiger partial charge < -0.3 is 9.73 Å². The van der Waals surface area contributed by atoms with Crippen molar-refractivity contribution in [3.05, 3.63) is 35.7 Å². The van der Waals surface area contributed by atoms with Gasteiger partial charge in [-0.05, 0) is 12.1 Å². The van der Waals surface area contributed by atoms with Gasteiger partial charge >= 0.3 is 0 Å². The van der Waals surface area contributed by atoms with E-state index in [2.05, 4.69) is 10.3 Å². The van der Waals surface area contributed by atoms with Crippen LogP contribution in [-0.4, -0.2) is 34.2 Å². The van der Waals surface area contributed by atoms with E-state index in [4.69, 9.17) is 4.42 Å². The fourth-order valence-electron chi connectivity index (χ4n) is 2.82. The predicted molar refractivity (Wildman–Crippen MR) is 96.5 cm³/mol. The SMILES string of the molecule is O=C(CCN1C(=O)CCC1=O)Nc1nc(-c2cc3ccccc3o2)cs1. The molecule has 8 heteroatoms. The molecule has 0 radical (unpaired) electrons. The Morgan fingerprint density at radius 1 is 1.23 bits per heavy atom. The standard InChI is InChI=1S/C18H15N3O4S/c22-15(7-8-21-16(23)5-6-17(21)24)20-18-19-12(10-26-18)14-9-11-3-1-2-4-13(11)25-14/h1-4,9-10H,5-8H2,(H,19,20,22). The maximum Gasteiger partial charge on any atom is 0.229 e. The Bertz CT molecular complexity index is 958. The van der Waals surface area contributed by atoms with Crippen LogP contribution in [0.15, 0.2) is 40.1 Å². The van der Waals surface area contributed by atoms with Crippen molar-refractivity contribution < 1.29 is 18.8 Å². The van der Waals surface area contributed by atoms with Crippen molar-refractivity contribution in [2.45, 2.75) is 19.3 Å². The molecule has 3 amide bonds. The van der Waals surface area contributed by atoms with E-state index in [-0.39, 0.29) is 43.5 Å². The summed E-state index contributed by atoms with van der Waals surface area (Å²) in [6.07, 6.45) is 0.513. The number of benzene rings is 1. The van der Waals surface area contributed by atoms with Crippen LogP contribution in [0.5, 0.6) is 0 Å². The van der Waals surface area contributed by atoms with Crippen LogP contribution in [0, 0.1) is 0 Å². The maximum absolute atomic E-state index is 12.1. The molecule has 3 aromatic rings. The fourth-order valence-corrected chi connectivity index (χ4v) is 3.54. The number of imide groups is 1. The molecule has 0 saturated carbocycles. The first kappa shape index (κ1) is 16.5. The fraction of sp³-hybridized carbons (Fsp3) is 0.222. The lowest BCUT2D eigenvalue weighted by molar-refractivity contribution is -0.138. The highest BCUT2D eigenvalue weighted by Crippen LogP contribution is 2.30. The summed E-state index contributed by atoms with van der Waals surface area (Å²) < 4.78 is 5.76. The second-order valence-corrected chi connectivity index (χ2v) is 6.78. The third kappa shape index (κ3) is 3.23. The molecule has 1 aliphatic rings. The molecule has 2 aromatic heterocycles. The summed E-state index contributed by atoms with van der Waals surface area (Å²) in [7, 11) is 0. The number of para-hydroxylation sites is 1. The molecule has 1 fully saturated rings. The molecule has 0 unspecified atom stereocenters. The second-order valence-electron chi connectivity index (χ2n) is 5.92. The first-order valence-corrected chi connectivity index (χ1v) is 9.05. The lowest BCUT2D eigenvalue weighted by Gasteiger charge is -2.12. The summed E-state index contributed by atoms with van der Waals surface area (Å²) in [5, 5.41) is 5.94. The molecule has 0 spiro atoms. The van der Waals surface area contributed by atoms with Crippen LogP contribution in [0.25, 0.3) is 22.4 Å². The van der Waals surface area contributed by atoms with Crippen molar-refractivity contribution in [1.82, 2.24) is 9.88 Å². The first-order chi connectivity index (χ1) is 12.6. The molecule has 4 rings (SSSR count). The number of hydrogen-bond donors (Lipinski definition) is 1. The summed E-state index contributed by atoms with van der Waals surface area (Å²) in [5.41, 5.74) is 1.42. The van der Waals surface area contributed by atoms with E-state index in [1.807, 2.05) is 30.3 Å². The summed E-state index contributed by atoms with van der Waals surface area (Å²) in [6.45, 7) is 0.102. The van der Waals surface area contributed by atoms with Gasteiger partial charge in [-0.3, -0.25) is 19.3 Å². The molecule has 1 aromatic carbocycles. The summed E-state index contributed by atoms with van der Waals surface area (Å²) in [6, 6.07) is 9.58. The number of thiazole rings is 1. The number of amides is 3. The number of rotatable bonds is 5. The van der Waals surface area contributed by atoms with Crippen LogP contribution in [0.4, 0.5) is 5.13 Å². The van der Waals surface area contributed by atoms with Gasteiger partial charge in [0.05, 0.1) is 0 Å². The average Bonchev–Trinajstić information content (AvgIpc) is 3.32. The Morgan fingerprint density at radius 3 is 2.77 bits per heavy atom. The Labute approximate surface area is 152 Å². The van der Waals surface area contributed by atoms with Crippen molar-refractivity contribution in [3.63, 3.8) is 0 Å². The largest absolute Gasteiger partial charge is 0.454 e. The van der Waals surface area contributed by atoms with Gasteiger partial charge in [0.25, 0.3) is 0 Å². The summed E-state index contributed by atoms with van der Waals surface area (Å²) in [4.78, 5) is 40.6. The number of aromatic nitrogens is 1. The van der Waals surface area contributed by atoms with Gasteiger partial charge in [0, 0.05) is 36.6 Å². The van der Waals surface area contributed by atoms with E-state index in [1.165, 1.54) is 11.3 Å². The minimum Gasteiger partial charge on any atom is -0.454 e. The van der Waals surface area contributed by atoms with Crippen LogP contribution < -0.4 is 5.32 Å². The smallest absolute Gasteiger partial charge is 0.229 e. The van der Waals surface area contributed by atoms with Gasteiger partial charge in [-0.1, -0.05) is 18.2 Å². The molecule has 1 aliphatic heterocycles. The quantitative estimate of drug-likeness (QED) is 0.698. The Balaban J connectivity index is 1.39. The van der Waals surface area contributed by atoms with Gasteiger partial charge in [0.1, 0.15) is 11.3 Å². The monoisotopic (exact) mass is 369 g/mol. The van der Waals surface area contributed by atoms with Gasteiger partial charge in [0.2, 0.25) is 17.7 Å². The third-order valence-corrected chi connectivity index (χ3v) is 4.90. The molecule has 132 valence electrons. The molecule has 0 bridgehead atoms. The van der Waals surface area contributed by atoms with Gasteiger partial charge in [0.15, 0.2) is 10.9 Å². The number of anilines is 1. The van der Waals surface area contributed by atoms with Crippen molar-refractivity contribution in [3.8, 4) is 11.5 Å². The minimum atomic E-state index is -0.289. The number of nitrogens with zero attached hydrogens (tertiary/aromatic N) is 2. The predicted octanol–water partition coefficient (Wildman–Crippen LogP) is 3.03. The molecular formula is C18H15N3O4S. The van der Waals surface area contributed by atoms with Crippen LogP contribution in [0.1, 0.15) is 19.3 Å². The highest BCUT2D eigenvalue weighted by atomic mass is 32.1. The number of carbonyl (C=O) groups is 3. The summed E-state index contributed by atoms with van der Waals surface area (Å²) in [5.74, 6) is -0.0901. The van der Waals surface area contributed by atoms with Crippen molar-refractivity contribution in [2.75, 3.05) is 11.9 Å². The molecule has 7 nitrogen and oxygen atoms in total. The lowest BCUT2D eigenvalue weighted by atomic mass is 10.2. The summed E-state index contributed by atoms with van der Waals surface area (Å²) >= 11 is 1.29. The minimum absolute atomic E-state index is 0.0526. The zero-order chi connectivity index (χ0) is 18.1. The van der Waals surface area contributed by atoms with Crippen molar-refractivity contribution in [2.24, 2.45) is 0 Å². The number of carbonyl (C=O) groups excluding carboxylic acids is 3. The lowest BCUT2D eigenvalue weighted by Crippen LogP contribution is -2.32. The Morgan fingerprint density at radius 2 is 2.00 bits per heavy atom. The van der Waals surface area contributed by atoms with Gasteiger partial charge in [-0.25, -0.2) is 4.98 Å². The topological polar surface area (TPSA) is 92.5 Å². The third-order valence-electron chi connectivity index (χ3n) is 4.15. The second kappa shape index (κ2) is 6.72. The number of furan rings is 1. The molecule has 0 aliphatic carbocycles. The first-order valence-electron chi connectivity index (χ1n) is 8.18. The van der Waals surface area contributed by atoms with Gasteiger partial charge in [-0.15, -0.1) is 11.3 Å². The van der Waals surface area contributed by atoms with Crippen molar-refractivity contribution >= 4 is 45.2 Å². The highest BCUT2D eigenvalue weighted by Gasteiger charge is 2.28. The highest BCUT2D eigenvalue weighted by molar-refractivity contribution is 7.14. The van der Waals surface area contributed by atoms with Crippen LogP contribution in [-0.2, 0) is 14.4 Å². The van der Waals surface area contributed by atoms with Crippen LogP contribution in [0.2, 0.25) is 0 Å². The van der Waals surface area contributed by atoms with E-state index in [9.17, 15) is 14.4 Å². The van der Waals surface area contributed by atoms with E-state index in [1.54, 1.807) is 5.38 Å². The molecule has 1 saturated heterocycles. The normalized spacial score (nSPS) is 14.4. The van der Waals surface area contributed by atoms with E-state index in [0.717, 1.165) is 15.9 Å². The maximum atomic E-state index is 12.1. The molecule has 26 heavy (non-hydrogen) atoms. The number of nitrogens with one attached hydrogen (secondary N) is 1. The molecule has 1 N–H and O–H groups in total. The molecule has 0 atom stereocenters. The van der Waals surface area contributed by atoms with E-state index >= 15 is 0 Å². The van der Waals surface area contributed by atoms with E-state index in [0.29, 0.717) is 16.6 Å². The number of fused-ring (bicyclic) bond motifs is 1. The number of likely N-dealkylation sites (tertiary alicyclic amines) is 1. The van der Waals surface area contributed by atoms with Gasteiger partial charge in [-0.2, -0.15) is 0 Å². The number of hydrogen-bond acceptors (Lipinski definition) is 6. The zero-order valence-corrected chi connectivity index (χ0v) is 14.5. The van der Waals surface area contributed by atoms with Crippen molar-refractivity contribution in [1.29, 1.82) is 0 Å². The van der Waals surface area contributed by atoms with E-state index < -0.39 is 0 Å². The Hall–Kier alpha value is -3.00. The average molecular weight is 369 g/mol.